The fraction of sp³-hybridized carbons (Fsp3) is 0.381. The van der Waals surface area contributed by atoms with Crippen molar-refractivity contribution in [1.29, 1.82) is 0 Å². The highest BCUT2D eigenvalue weighted by molar-refractivity contribution is 9.10. The van der Waals surface area contributed by atoms with E-state index in [1.807, 2.05) is 12.1 Å². The first-order valence-corrected chi connectivity index (χ1v) is 10.9. The molecule has 2 aromatic heterocycles. The van der Waals surface area contributed by atoms with Crippen molar-refractivity contribution in [2.45, 2.75) is 36.9 Å². The molecule has 0 saturated heterocycles. The largest absolute Gasteiger partial charge is 0.497 e. The molecule has 3 atom stereocenters. The maximum absolute atomic E-state index is 10.9. The standard InChI is InChI=1S/C21H21BrClN5O2/c1-30-14-4-2-13(3-5-14)11-27-12-21(18-19(23)15(22)10-24-20(18)27)8-16(17(29)9-21)28-7-6-25-26-28/h2-7,10,16-17,29H,8-9,11-12H2,1H3/t16-,17-,21-/m0/s1. The Morgan fingerprint density at radius 1 is 1.30 bits per heavy atom. The minimum atomic E-state index is -0.532. The van der Waals surface area contributed by atoms with Gasteiger partial charge in [0, 0.05) is 36.5 Å². The summed E-state index contributed by atoms with van der Waals surface area (Å²) in [6, 6.07) is 7.90. The third kappa shape index (κ3) is 3.18. The van der Waals surface area contributed by atoms with Crippen molar-refractivity contribution in [3.8, 4) is 5.75 Å². The number of fused-ring (bicyclic) bond motifs is 2. The lowest BCUT2D eigenvalue weighted by Gasteiger charge is -2.26. The van der Waals surface area contributed by atoms with Gasteiger partial charge in [-0.15, -0.1) is 5.10 Å². The molecular weight excluding hydrogens is 470 g/mol. The zero-order valence-electron chi connectivity index (χ0n) is 16.4. The molecule has 1 N–H and O–H groups in total. The first kappa shape index (κ1) is 19.8. The summed E-state index contributed by atoms with van der Waals surface area (Å²) < 4.78 is 7.79. The van der Waals surface area contributed by atoms with E-state index in [4.69, 9.17) is 21.3 Å². The van der Waals surface area contributed by atoms with Gasteiger partial charge in [0.05, 0.1) is 34.9 Å². The summed E-state index contributed by atoms with van der Waals surface area (Å²) in [7, 11) is 1.66. The Balaban J connectivity index is 1.52. The molecule has 7 nitrogen and oxygen atoms in total. The predicted octanol–water partition coefficient (Wildman–Crippen LogP) is 3.75. The van der Waals surface area contributed by atoms with Crippen LogP contribution in [0.5, 0.6) is 5.75 Å². The number of ether oxygens (including phenoxy) is 1. The molecule has 1 fully saturated rings. The van der Waals surface area contributed by atoms with Crippen LogP contribution < -0.4 is 9.64 Å². The zero-order chi connectivity index (χ0) is 20.9. The van der Waals surface area contributed by atoms with Gasteiger partial charge < -0.3 is 14.7 Å². The summed E-state index contributed by atoms with van der Waals surface area (Å²) >= 11 is 10.3. The Labute approximate surface area is 187 Å². The molecule has 3 heterocycles. The number of benzene rings is 1. The van der Waals surface area contributed by atoms with Crippen molar-refractivity contribution in [2.75, 3.05) is 18.6 Å². The predicted molar refractivity (Wildman–Crippen MR) is 117 cm³/mol. The Bertz CT molecular complexity index is 1060. The van der Waals surface area contributed by atoms with Crippen LogP contribution >= 0.6 is 27.5 Å². The monoisotopic (exact) mass is 489 g/mol. The molecule has 1 aliphatic carbocycles. The Kier molecular flexibility index (Phi) is 4.95. The van der Waals surface area contributed by atoms with E-state index in [9.17, 15) is 5.11 Å². The highest BCUT2D eigenvalue weighted by Crippen LogP contribution is 2.56. The molecule has 0 bridgehead atoms. The summed E-state index contributed by atoms with van der Waals surface area (Å²) in [5.74, 6) is 1.71. The molecule has 156 valence electrons. The van der Waals surface area contributed by atoms with Gasteiger partial charge in [0.1, 0.15) is 11.6 Å². The summed E-state index contributed by atoms with van der Waals surface area (Å²) in [4.78, 5) is 6.97. The van der Waals surface area contributed by atoms with E-state index in [0.717, 1.165) is 40.1 Å². The molecule has 2 aliphatic rings. The fourth-order valence-corrected chi connectivity index (χ4v) is 5.56. The van der Waals surface area contributed by atoms with Crippen LogP contribution in [0, 0.1) is 0 Å². The fourth-order valence-electron chi connectivity index (χ4n) is 4.92. The van der Waals surface area contributed by atoms with Gasteiger partial charge in [-0.3, -0.25) is 0 Å². The van der Waals surface area contributed by atoms with Crippen molar-refractivity contribution in [2.24, 2.45) is 0 Å². The molecule has 0 amide bonds. The number of rotatable bonds is 4. The maximum atomic E-state index is 10.9. The molecule has 1 spiro atoms. The molecule has 0 unspecified atom stereocenters. The number of pyridine rings is 1. The van der Waals surface area contributed by atoms with Gasteiger partial charge in [-0.25, -0.2) is 9.67 Å². The maximum Gasteiger partial charge on any atom is 0.134 e. The van der Waals surface area contributed by atoms with Crippen LogP contribution in [0.15, 0.2) is 47.3 Å². The van der Waals surface area contributed by atoms with E-state index >= 15 is 0 Å². The average molecular weight is 491 g/mol. The lowest BCUT2D eigenvalue weighted by atomic mass is 9.81. The van der Waals surface area contributed by atoms with Gasteiger partial charge in [-0.05, 0) is 46.5 Å². The van der Waals surface area contributed by atoms with Crippen molar-refractivity contribution in [3.05, 3.63) is 63.5 Å². The second-order valence-corrected chi connectivity index (χ2v) is 9.26. The molecular formula is C21H21BrClN5O2. The van der Waals surface area contributed by atoms with E-state index < -0.39 is 6.10 Å². The first-order chi connectivity index (χ1) is 14.5. The van der Waals surface area contributed by atoms with Crippen LogP contribution in [-0.4, -0.2) is 44.8 Å². The van der Waals surface area contributed by atoms with E-state index in [0.29, 0.717) is 18.0 Å². The molecule has 30 heavy (non-hydrogen) atoms. The average Bonchev–Trinajstić information content (AvgIpc) is 3.44. The molecule has 1 saturated carbocycles. The van der Waals surface area contributed by atoms with E-state index in [-0.39, 0.29) is 11.5 Å². The number of halogens is 2. The normalized spacial score (nSPS) is 25.1. The highest BCUT2D eigenvalue weighted by atomic mass is 79.9. The van der Waals surface area contributed by atoms with Gasteiger partial charge in [-0.1, -0.05) is 28.9 Å². The number of nitrogens with zero attached hydrogens (tertiary/aromatic N) is 5. The topological polar surface area (TPSA) is 76.3 Å². The van der Waals surface area contributed by atoms with Gasteiger partial charge >= 0.3 is 0 Å². The van der Waals surface area contributed by atoms with Gasteiger partial charge in [-0.2, -0.15) is 0 Å². The molecule has 3 aromatic rings. The summed E-state index contributed by atoms with van der Waals surface area (Å²) in [6.07, 6.45) is 5.99. The molecule has 1 aromatic carbocycles. The van der Waals surface area contributed by atoms with Crippen molar-refractivity contribution in [3.63, 3.8) is 0 Å². The lowest BCUT2D eigenvalue weighted by Crippen LogP contribution is -2.32. The second kappa shape index (κ2) is 7.51. The van der Waals surface area contributed by atoms with Gasteiger partial charge in [0.2, 0.25) is 0 Å². The van der Waals surface area contributed by atoms with E-state index in [1.165, 1.54) is 0 Å². The number of methoxy groups -OCH3 is 1. The van der Waals surface area contributed by atoms with Crippen LogP contribution in [0.1, 0.15) is 30.0 Å². The number of aromatic nitrogens is 4. The molecule has 1 aliphatic heterocycles. The van der Waals surface area contributed by atoms with Crippen molar-refractivity contribution < 1.29 is 9.84 Å². The zero-order valence-corrected chi connectivity index (χ0v) is 18.7. The van der Waals surface area contributed by atoms with Crippen LogP contribution in [0.25, 0.3) is 0 Å². The third-order valence-electron chi connectivity index (χ3n) is 6.23. The number of anilines is 1. The van der Waals surface area contributed by atoms with Crippen molar-refractivity contribution >= 4 is 33.3 Å². The third-order valence-corrected chi connectivity index (χ3v) is 7.46. The highest BCUT2D eigenvalue weighted by Gasteiger charge is 2.54. The van der Waals surface area contributed by atoms with Crippen molar-refractivity contribution in [1.82, 2.24) is 20.0 Å². The number of aliphatic hydroxyl groups is 1. The summed E-state index contributed by atoms with van der Waals surface area (Å²) in [5, 5.41) is 19.6. The minimum absolute atomic E-state index is 0.142. The summed E-state index contributed by atoms with van der Waals surface area (Å²) in [6.45, 7) is 1.44. The number of hydrogen-bond donors (Lipinski definition) is 1. The molecule has 9 heteroatoms. The summed E-state index contributed by atoms with van der Waals surface area (Å²) in [5.41, 5.74) is 1.87. The minimum Gasteiger partial charge on any atom is -0.497 e. The SMILES string of the molecule is COc1ccc(CN2C[C@]3(C[C@H](O)[C@@H](n4ccnn4)C3)c3c2ncc(Br)c3Cl)cc1. The van der Waals surface area contributed by atoms with Crippen LogP contribution in [0.3, 0.4) is 0 Å². The Morgan fingerprint density at radius 3 is 2.80 bits per heavy atom. The van der Waals surface area contributed by atoms with Crippen LogP contribution in [-0.2, 0) is 12.0 Å². The Morgan fingerprint density at radius 2 is 2.10 bits per heavy atom. The van der Waals surface area contributed by atoms with Crippen LogP contribution in [0.2, 0.25) is 5.02 Å². The first-order valence-electron chi connectivity index (χ1n) is 9.77. The Hall–Kier alpha value is -2.16. The van der Waals surface area contributed by atoms with Gasteiger partial charge in [0.25, 0.3) is 0 Å². The second-order valence-electron chi connectivity index (χ2n) is 8.03. The van der Waals surface area contributed by atoms with E-state index in [1.54, 1.807) is 30.4 Å². The molecule has 5 rings (SSSR count). The lowest BCUT2D eigenvalue weighted by molar-refractivity contribution is 0.127. The van der Waals surface area contributed by atoms with E-state index in [2.05, 4.69) is 43.3 Å². The van der Waals surface area contributed by atoms with Gasteiger partial charge in [0.15, 0.2) is 0 Å². The number of aliphatic hydroxyl groups excluding tert-OH is 1. The smallest absolute Gasteiger partial charge is 0.134 e. The molecule has 0 radical (unpaired) electrons. The van der Waals surface area contributed by atoms with Crippen LogP contribution in [0.4, 0.5) is 5.82 Å². The quantitative estimate of drug-likeness (QED) is 0.600. The number of hydrogen-bond acceptors (Lipinski definition) is 6.